The molecule has 1 N–H and O–H groups in total. The Kier molecular flexibility index (Phi) is 3.23. The zero-order valence-electron chi connectivity index (χ0n) is 9.83. The lowest BCUT2D eigenvalue weighted by atomic mass is 10.1. The molecule has 0 bridgehead atoms. The summed E-state index contributed by atoms with van der Waals surface area (Å²) in [6.45, 7) is 2.71. The number of nitrogens with zero attached hydrogens (tertiary/aromatic N) is 3. The highest BCUT2D eigenvalue weighted by molar-refractivity contribution is 5.85. The van der Waals surface area contributed by atoms with E-state index < -0.39 is 5.97 Å². The van der Waals surface area contributed by atoms with Crippen molar-refractivity contribution in [1.29, 1.82) is 0 Å². The summed E-state index contributed by atoms with van der Waals surface area (Å²) in [5, 5.41) is 8.87. The first-order valence-corrected chi connectivity index (χ1v) is 5.50. The molecule has 2 atom stereocenters. The van der Waals surface area contributed by atoms with Gasteiger partial charge >= 0.3 is 5.97 Å². The summed E-state index contributed by atoms with van der Waals surface area (Å²) in [5.41, 5.74) is 0.00779. The molecule has 92 valence electrons. The highest BCUT2D eigenvalue weighted by Gasteiger charge is 2.29. The molecule has 17 heavy (non-hydrogen) atoms. The average Bonchev–Trinajstić information content (AvgIpc) is 2.74. The molecule has 2 heterocycles. The first kappa shape index (κ1) is 11.8. The molecule has 0 saturated carbocycles. The van der Waals surface area contributed by atoms with Crippen molar-refractivity contribution in [1.82, 2.24) is 9.97 Å². The maximum absolute atomic E-state index is 10.8. The van der Waals surface area contributed by atoms with Crippen LogP contribution in [-0.2, 0) is 4.74 Å². The predicted octanol–water partition coefficient (Wildman–Crippen LogP) is 0.788. The number of carbonyl (C=O) groups is 1. The van der Waals surface area contributed by atoms with Crippen molar-refractivity contribution in [2.24, 2.45) is 0 Å². The molecule has 1 aliphatic rings. The van der Waals surface area contributed by atoms with E-state index in [4.69, 9.17) is 9.84 Å². The van der Waals surface area contributed by atoms with Crippen LogP contribution >= 0.6 is 0 Å². The number of carboxylic acid groups (broad SMARTS) is 1. The highest BCUT2D eigenvalue weighted by atomic mass is 16.5. The summed E-state index contributed by atoms with van der Waals surface area (Å²) < 4.78 is 5.47. The Morgan fingerprint density at radius 3 is 3.00 bits per heavy atom. The molecule has 1 fully saturated rings. The monoisotopic (exact) mass is 237 g/mol. The molecular weight excluding hydrogens is 222 g/mol. The van der Waals surface area contributed by atoms with E-state index >= 15 is 0 Å². The minimum atomic E-state index is -1.04. The molecule has 0 radical (unpaired) electrons. The third-order valence-corrected chi connectivity index (χ3v) is 3.01. The van der Waals surface area contributed by atoms with E-state index in [1.807, 2.05) is 18.9 Å². The Morgan fingerprint density at radius 1 is 1.65 bits per heavy atom. The third-order valence-electron chi connectivity index (χ3n) is 3.01. The fourth-order valence-corrected chi connectivity index (χ4v) is 2.01. The van der Waals surface area contributed by atoms with E-state index in [-0.39, 0.29) is 17.8 Å². The molecule has 6 heteroatoms. The zero-order chi connectivity index (χ0) is 12.4. The lowest BCUT2D eigenvalue weighted by molar-refractivity contribution is 0.0690. The number of rotatable bonds is 3. The maximum Gasteiger partial charge on any atom is 0.354 e. The van der Waals surface area contributed by atoms with E-state index in [9.17, 15) is 4.79 Å². The van der Waals surface area contributed by atoms with E-state index in [1.165, 1.54) is 12.3 Å². The van der Waals surface area contributed by atoms with Gasteiger partial charge in [-0.3, -0.25) is 0 Å². The summed E-state index contributed by atoms with van der Waals surface area (Å²) in [6, 6.07) is 1.58. The summed E-state index contributed by atoms with van der Waals surface area (Å²) >= 11 is 0. The molecule has 1 aromatic rings. The van der Waals surface area contributed by atoms with Gasteiger partial charge in [-0.05, 0) is 19.4 Å². The molecule has 0 aromatic carbocycles. The first-order valence-electron chi connectivity index (χ1n) is 5.50. The van der Waals surface area contributed by atoms with Crippen molar-refractivity contribution >= 4 is 11.9 Å². The topological polar surface area (TPSA) is 75.5 Å². The summed E-state index contributed by atoms with van der Waals surface area (Å²) in [5.74, 6) is -0.620. The first-order chi connectivity index (χ1) is 8.09. The second-order valence-electron chi connectivity index (χ2n) is 4.09. The molecule has 1 aliphatic heterocycles. The van der Waals surface area contributed by atoms with Crippen LogP contribution in [0.4, 0.5) is 5.95 Å². The van der Waals surface area contributed by atoms with Crippen LogP contribution in [0.15, 0.2) is 12.3 Å². The summed E-state index contributed by atoms with van der Waals surface area (Å²) in [7, 11) is 1.86. The van der Waals surface area contributed by atoms with Crippen molar-refractivity contribution in [3.63, 3.8) is 0 Å². The van der Waals surface area contributed by atoms with Crippen LogP contribution in [0.1, 0.15) is 23.8 Å². The normalized spacial score (nSPS) is 23.6. The SMILES string of the molecule is CC1OCCC1N(C)c1nccc(C(=O)O)n1. The maximum atomic E-state index is 10.8. The molecule has 0 amide bonds. The van der Waals surface area contributed by atoms with Crippen molar-refractivity contribution in [3.05, 3.63) is 18.0 Å². The molecule has 2 rings (SSSR count). The third kappa shape index (κ3) is 2.36. The van der Waals surface area contributed by atoms with Gasteiger partial charge in [0.05, 0.1) is 12.1 Å². The van der Waals surface area contributed by atoms with E-state index in [0.717, 1.165) is 13.0 Å². The molecule has 6 nitrogen and oxygen atoms in total. The van der Waals surface area contributed by atoms with Crippen molar-refractivity contribution in [2.75, 3.05) is 18.6 Å². The smallest absolute Gasteiger partial charge is 0.354 e. The summed E-state index contributed by atoms with van der Waals surface area (Å²) in [6.07, 6.45) is 2.47. The van der Waals surface area contributed by atoms with Gasteiger partial charge in [0.1, 0.15) is 0 Å². The molecule has 1 saturated heterocycles. The largest absolute Gasteiger partial charge is 0.477 e. The Labute approximate surface area is 99.2 Å². The van der Waals surface area contributed by atoms with Gasteiger partial charge in [0, 0.05) is 19.9 Å². The average molecular weight is 237 g/mol. The lowest BCUT2D eigenvalue weighted by Crippen LogP contribution is -2.38. The standard InChI is InChI=1S/C11H15N3O3/c1-7-9(4-6-17-7)14(2)11-12-5-3-8(13-11)10(15)16/h3,5,7,9H,4,6H2,1-2H3,(H,15,16). The van der Waals surface area contributed by atoms with Gasteiger partial charge in [-0.1, -0.05) is 0 Å². The Bertz CT molecular complexity index is 424. The van der Waals surface area contributed by atoms with Gasteiger partial charge in [0.2, 0.25) is 5.95 Å². The van der Waals surface area contributed by atoms with Crippen LogP contribution in [0, 0.1) is 0 Å². The van der Waals surface area contributed by atoms with Crippen LogP contribution in [0.25, 0.3) is 0 Å². The molecular formula is C11H15N3O3. The number of ether oxygens (including phenoxy) is 1. The quantitative estimate of drug-likeness (QED) is 0.837. The van der Waals surface area contributed by atoms with E-state index in [2.05, 4.69) is 9.97 Å². The Balaban J connectivity index is 2.21. The number of hydrogen-bond donors (Lipinski definition) is 1. The summed E-state index contributed by atoms with van der Waals surface area (Å²) in [4.78, 5) is 20.8. The Hall–Kier alpha value is -1.69. The van der Waals surface area contributed by atoms with Gasteiger partial charge in [0.15, 0.2) is 5.69 Å². The van der Waals surface area contributed by atoms with Crippen molar-refractivity contribution in [3.8, 4) is 0 Å². The van der Waals surface area contributed by atoms with Gasteiger partial charge in [0.25, 0.3) is 0 Å². The second kappa shape index (κ2) is 4.67. The lowest BCUT2D eigenvalue weighted by Gasteiger charge is -2.26. The fraction of sp³-hybridized carbons (Fsp3) is 0.545. The Morgan fingerprint density at radius 2 is 2.41 bits per heavy atom. The van der Waals surface area contributed by atoms with E-state index in [1.54, 1.807) is 0 Å². The van der Waals surface area contributed by atoms with Crippen LogP contribution in [-0.4, -0.2) is 46.8 Å². The van der Waals surface area contributed by atoms with Gasteiger partial charge in [-0.25, -0.2) is 14.8 Å². The fourth-order valence-electron chi connectivity index (χ4n) is 2.01. The van der Waals surface area contributed by atoms with Gasteiger partial charge in [-0.15, -0.1) is 0 Å². The highest BCUT2D eigenvalue weighted by Crippen LogP contribution is 2.21. The van der Waals surface area contributed by atoms with Crippen LogP contribution in [0.5, 0.6) is 0 Å². The van der Waals surface area contributed by atoms with Gasteiger partial charge in [-0.2, -0.15) is 0 Å². The number of aromatic nitrogens is 2. The molecule has 0 spiro atoms. The number of hydrogen-bond acceptors (Lipinski definition) is 5. The van der Waals surface area contributed by atoms with Crippen molar-refractivity contribution < 1.29 is 14.6 Å². The number of likely N-dealkylation sites (N-methyl/N-ethyl adjacent to an activating group) is 1. The molecule has 1 aromatic heterocycles. The molecule has 2 unspecified atom stereocenters. The van der Waals surface area contributed by atoms with Crippen LogP contribution in [0.3, 0.4) is 0 Å². The van der Waals surface area contributed by atoms with Gasteiger partial charge < -0.3 is 14.7 Å². The number of anilines is 1. The van der Waals surface area contributed by atoms with E-state index in [0.29, 0.717) is 5.95 Å². The number of carboxylic acids is 1. The second-order valence-corrected chi connectivity index (χ2v) is 4.09. The minimum absolute atomic E-state index is 0.00779. The van der Waals surface area contributed by atoms with Crippen molar-refractivity contribution in [2.45, 2.75) is 25.5 Å². The predicted molar refractivity (Wildman–Crippen MR) is 61.2 cm³/mol. The zero-order valence-corrected chi connectivity index (χ0v) is 9.83. The van der Waals surface area contributed by atoms with Crippen LogP contribution < -0.4 is 4.90 Å². The van der Waals surface area contributed by atoms with Crippen LogP contribution in [0.2, 0.25) is 0 Å². The minimum Gasteiger partial charge on any atom is -0.477 e. The number of aromatic carboxylic acids is 1. The molecule has 0 aliphatic carbocycles.